The Morgan fingerprint density at radius 3 is 2.78 bits per heavy atom. The van der Waals surface area contributed by atoms with Gasteiger partial charge in [-0.25, -0.2) is 4.98 Å². The van der Waals surface area contributed by atoms with Gasteiger partial charge < -0.3 is 14.2 Å². The molecule has 1 fully saturated rings. The highest BCUT2D eigenvalue weighted by molar-refractivity contribution is 5.88. The van der Waals surface area contributed by atoms with Crippen LogP contribution in [0.2, 0.25) is 0 Å². The van der Waals surface area contributed by atoms with E-state index in [2.05, 4.69) is 54.9 Å². The monoisotopic (exact) mass is 430 g/mol. The number of aryl methyl sites for hydroxylation is 1. The van der Waals surface area contributed by atoms with Crippen LogP contribution in [0.15, 0.2) is 47.3 Å². The first-order valence-corrected chi connectivity index (χ1v) is 11.3. The van der Waals surface area contributed by atoms with E-state index in [4.69, 9.17) is 4.74 Å². The second-order valence-electron chi connectivity index (χ2n) is 8.89. The zero-order chi connectivity index (χ0) is 22.8. The Hall–Kier alpha value is -3.33. The lowest BCUT2D eigenvalue weighted by Gasteiger charge is -2.39. The van der Waals surface area contributed by atoms with Crippen molar-refractivity contribution in [1.82, 2.24) is 9.55 Å². The second kappa shape index (κ2) is 9.04. The van der Waals surface area contributed by atoms with Crippen LogP contribution in [0.1, 0.15) is 50.8 Å². The molecule has 0 bridgehead atoms. The van der Waals surface area contributed by atoms with Crippen molar-refractivity contribution in [3.8, 4) is 11.8 Å². The summed E-state index contributed by atoms with van der Waals surface area (Å²) in [5.41, 5.74) is 3.80. The number of ether oxygens (including phenoxy) is 1. The van der Waals surface area contributed by atoms with E-state index in [1.54, 1.807) is 29.8 Å². The van der Waals surface area contributed by atoms with Gasteiger partial charge in [-0.3, -0.25) is 4.79 Å². The highest BCUT2D eigenvalue weighted by atomic mass is 16.5. The van der Waals surface area contributed by atoms with Gasteiger partial charge in [0, 0.05) is 38.5 Å². The van der Waals surface area contributed by atoms with Gasteiger partial charge >= 0.3 is 0 Å². The van der Waals surface area contributed by atoms with Crippen LogP contribution < -0.4 is 15.2 Å². The van der Waals surface area contributed by atoms with Crippen molar-refractivity contribution >= 4 is 16.7 Å². The average molecular weight is 431 g/mol. The second-order valence-corrected chi connectivity index (χ2v) is 8.89. The molecule has 2 atom stereocenters. The van der Waals surface area contributed by atoms with Crippen LogP contribution in [-0.4, -0.2) is 28.7 Å². The van der Waals surface area contributed by atoms with Crippen LogP contribution in [0.3, 0.4) is 0 Å². The molecule has 0 unspecified atom stereocenters. The number of hydrogen-bond donors (Lipinski definition) is 0. The topological polar surface area (TPSA) is 71.2 Å². The summed E-state index contributed by atoms with van der Waals surface area (Å²) in [6.45, 7) is 8.11. The number of nitrogens with zero attached hydrogens (tertiary/aromatic N) is 4. The Kier molecular flexibility index (Phi) is 6.18. The zero-order valence-electron chi connectivity index (χ0n) is 19.2. The molecule has 0 saturated carbocycles. The molecule has 0 aliphatic carbocycles. The van der Waals surface area contributed by atoms with E-state index in [0.29, 0.717) is 23.0 Å². The van der Waals surface area contributed by atoms with E-state index in [9.17, 15) is 10.1 Å². The van der Waals surface area contributed by atoms with Crippen LogP contribution >= 0.6 is 0 Å². The van der Waals surface area contributed by atoms with Crippen LogP contribution in [-0.2, 0) is 7.05 Å². The molecule has 0 N–H and O–H groups in total. The minimum absolute atomic E-state index is 0.0732. The Morgan fingerprint density at radius 1 is 1.25 bits per heavy atom. The van der Waals surface area contributed by atoms with Crippen LogP contribution in [0.4, 0.5) is 5.69 Å². The Bertz CT molecular complexity index is 1220. The molecule has 32 heavy (non-hydrogen) atoms. The van der Waals surface area contributed by atoms with Crippen molar-refractivity contribution in [2.45, 2.75) is 45.6 Å². The third-order valence-corrected chi connectivity index (χ3v) is 6.52. The van der Waals surface area contributed by atoms with Gasteiger partial charge in [-0.2, -0.15) is 5.26 Å². The van der Waals surface area contributed by atoms with Gasteiger partial charge in [0.15, 0.2) is 0 Å². The van der Waals surface area contributed by atoms with E-state index in [1.807, 2.05) is 6.07 Å². The normalized spacial score (nSPS) is 18.7. The first-order chi connectivity index (χ1) is 15.4. The third kappa shape index (κ3) is 4.20. The van der Waals surface area contributed by atoms with E-state index < -0.39 is 0 Å². The van der Waals surface area contributed by atoms with E-state index >= 15 is 0 Å². The maximum atomic E-state index is 12.6. The molecule has 3 aromatic rings. The maximum absolute atomic E-state index is 12.6. The summed E-state index contributed by atoms with van der Waals surface area (Å²) in [5.74, 6) is 1.71. The molecule has 6 heteroatoms. The lowest BCUT2D eigenvalue weighted by Crippen LogP contribution is -2.46. The van der Waals surface area contributed by atoms with E-state index in [1.165, 1.54) is 5.56 Å². The maximum Gasteiger partial charge on any atom is 0.252 e. The lowest BCUT2D eigenvalue weighted by molar-refractivity contribution is 0.109. The number of nitriles is 1. The predicted octanol–water partition coefficient (Wildman–Crippen LogP) is 4.61. The molecule has 1 aliphatic rings. The molecule has 3 heterocycles. The fraction of sp³-hybridized carbons (Fsp3) is 0.423. The van der Waals surface area contributed by atoms with Gasteiger partial charge in [0.1, 0.15) is 29.1 Å². The van der Waals surface area contributed by atoms with Crippen molar-refractivity contribution < 1.29 is 4.74 Å². The van der Waals surface area contributed by atoms with Crippen LogP contribution in [0.5, 0.6) is 5.75 Å². The first-order valence-electron chi connectivity index (χ1n) is 11.3. The molecule has 166 valence electrons. The summed E-state index contributed by atoms with van der Waals surface area (Å²) in [5, 5.41) is 9.32. The third-order valence-electron chi connectivity index (χ3n) is 6.52. The molecule has 1 aromatic carbocycles. The standard InChI is InChI=1S/C26H30N4O2/c1-5-18-16-30(12-11-24(18)32-21-8-6-7-19(13-21)17(2)3)23-14-25(31)29(4)22-10-9-20(15-27)28-26(22)23/h6-10,13-14,17-18,24H,5,11-12,16H2,1-4H3/t18-,24-/m1/s1. The van der Waals surface area contributed by atoms with Gasteiger partial charge in [0.05, 0.1) is 11.2 Å². The van der Waals surface area contributed by atoms with Crippen molar-refractivity contribution in [3.63, 3.8) is 0 Å². The number of benzene rings is 1. The quantitative estimate of drug-likeness (QED) is 0.591. The Morgan fingerprint density at radius 2 is 2.06 bits per heavy atom. The largest absolute Gasteiger partial charge is 0.490 e. The molecule has 0 radical (unpaired) electrons. The summed E-state index contributed by atoms with van der Waals surface area (Å²) in [4.78, 5) is 19.4. The molecule has 1 aliphatic heterocycles. The van der Waals surface area contributed by atoms with Crippen molar-refractivity contribution in [3.05, 3.63) is 64.1 Å². The van der Waals surface area contributed by atoms with Crippen LogP contribution in [0.25, 0.3) is 11.0 Å². The smallest absolute Gasteiger partial charge is 0.252 e. The number of fused-ring (bicyclic) bond motifs is 1. The summed E-state index contributed by atoms with van der Waals surface area (Å²) >= 11 is 0. The number of aromatic nitrogens is 2. The van der Waals surface area contributed by atoms with Gasteiger partial charge in [0.25, 0.3) is 5.56 Å². The molecule has 0 amide bonds. The number of piperidine rings is 1. The molecule has 1 saturated heterocycles. The summed E-state index contributed by atoms with van der Waals surface area (Å²) in [6, 6.07) is 15.6. The zero-order valence-corrected chi connectivity index (χ0v) is 19.2. The Balaban J connectivity index is 1.62. The summed E-state index contributed by atoms with van der Waals surface area (Å²) in [7, 11) is 1.74. The minimum Gasteiger partial charge on any atom is -0.490 e. The molecular weight excluding hydrogens is 400 g/mol. The molecule has 6 nitrogen and oxygen atoms in total. The fourth-order valence-corrected chi connectivity index (χ4v) is 4.51. The van der Waals surface area contributed by atoms with E-state index in [-0.39, 0.29) is 11.7 Å². The number of hydrogen-bond acceptors (Lipinski definition) is 5. The number of rotatable bonds is 5. The van der Waals surface area contributed by atoms with Gasteiger partial charge in [-0.05, 0) is 42.2 Å². The molecule has 4 rings (SSSR count). The molecular formula is C26H30N4O2. The predicted molar refractivity (Wildman–Crippen MR) is 127 cm³/mol. The summed E-state index contributed by atoms with van der Waals surface area (Å²) in [6.07, 6.45) is 1.96. The summed E-state index contributed by atoms with van der Waals surface area (Å²) < 4.78 is 8.03. The highest BCUT2D eigenvalue weighted by Gasteiger charge is 2.31. The van der Waals surface area contributed by atoms with Gasteiger partial charge in [0.2, 0.25) is 0 Å². The van der Waals surface area contributed by atoms with Crippen molar-refractivity contribution in [1.29, 1.82) is 5.26 Å². The van der Waals surface area contributed by atoms with Gasteiger partial charge in [-0.1, -0.05) is 32.9 Å². The van der Waals surface area contributed by atoms with Crippen molar-refractivity contribution in [2.75, 3.05) is 18.0 Å². The lowest BCUT2D eigenvalue weighted by atomic mass is 9.91. The number of anilines is 1. The highest BCUT2D eigenvalue weighted by Crippen LogP contribution is 2.32. The van der Waals surface area contributed by atoms with Crippen molar-refractivity contribution in [2.24, 2.45) is 13.0 Å². The van der Waals surface area contributed by atoms with E-state index in [0.717, 1.165) is 42.9 Å². The Labute approximate surface area is 189 Å². The van der Waals surface area contributed by atoms with Crippen LogP contribution in [0, 0.1) is 17.2 Å². The minimum atomic E-state index is -0.0732. The average Bonchev–Trinajstić information content (AvgIpc) is 2.81. The first kappa shape index (κ1) is 21.9. The fourth-order valence-electron chi connectivity index (χ4n) is 4.51. The SMILES string of the molecule is CC[C@@H]1CN(c2cc(=O)n(C)c3ccc(C#N)nc23)CC[C@H]1Oc1cccc(C(C)C)c1. The van der Waals surface area contributed by atoms with Gasteiger partial charge in [-0.15, -0.1) is 0 Å². The molecule has 0 spiro atoms. The molecule has 2 aromatic heterocycles. The number of pyridine rings is 2.